The Morgan fingerprint density at radius 3 is 2.45 bits per heavy atom. The van der Waals surface area contributed by atoms with Gasteiger partial charge in [-0.15, -0.1) is 0 Å². The third-order valence-electron chi connectivity index (χ3n) is 5.42. The van der Waals surface area contributed by atoms with Crippen LogP contribution in [0.4, 0.5) is 9.18 Å². The first-order valence-electron chi connectivity index (χ1n) is 9.98. The van der Waals surface area contributed by atoms with Crippen molar-refractivity contribution in [2.24, 2.45) is 5.41 Å². The molecule has 29 heavy (non-hydrogen) atoms. The molecule has 0 saturated heterocycles. The van der Waals surface area contributed by atoms with Crippen molar-refractivity contribution in [3.63, 3.8) is 0 Å². The second-order valence-corrected chi connectivity index (χ2v) is 8.89. The van der Waals surface area contributed by atoms with Crippen molar-refractivity contribution in [2.75, 3.05) is 0 Å². The van der Waals surface area contributed by atoms with Crippen molar-refractivity contribution in [2.45, 2.75) is 58.6 Å². The summed E-state index contributed by atoms with van der Waals surface area (Å²) in [6, 6.07) is 12.9. The standard InChI is InChI=1S/C24H28FNO3/c1-23(2,3)29-22(28)26-20(17-11-13-18(25)14-12-17)24(4)15-7-9-16-8-5-6-10-19(16)21(24)27/h5-6,8,10-14,20H,7,9,15H2,1-4H3,(H,26,28)/t20-,24+/m0/s1. The van der Waals surface area contributed by atoms with Gasteiger partial charge in [-0.2, -0.15) is 0 Å². The summed E-state index contributed by atoms with van der Waals surface area (Å²) in [7, 11) is 0. The van der Waals surface area contributed by atoms with Crippen LogP contribution >= 0.6 is 0 Å². The van der Waals surface area contributed by atoms with Crippen LogP contribution in [0.15, 0.2) is 48.5 Å². The van der Waals surface area contributed by atoms with Crippen molar-refractivity contribution in [3.8, 4) is 0 Å². The number of hydrogen-bond donors (Lipinski definition) is 1. The Labute approximate surface area is 171 Å². The van der Waals surface area contributed by atoms with Crippen molar-refractivity contribution >= 4 is 11.9 Å². The highest BCUT2D eigenvalue weighted by molar-refractivity contribution is 6.02. The number of aryl methyl sites for hydroxylation is 1. The first kappa shape index (κ1) is 21.0. The molecular weight excluding hydrogens is 369 g/mol. The largest absolute Gasteiger partial charge is 0.444 e. The zero-order chi connectivity index (χ0) is 21.2. The van der Waals surface area contributed by atoms with Gasteiger partial charge in [0.15, 0.2) is 5.78 Å². The normalized spacial score (nSPS) is 20.4. The molecule has 0 bridgehead atoms. The lowest BCUT2D eigenvalue weighted by atomic mass is 9.71. The van der Waals surface area contributed by atoms with E-state index in [1.807, 2.05) is 31.2 Å². The minimum absolute atomic E-state index is 0.0176. The number of nitrogens with one attached hydrogen (secondary N) is 1. The lowest BCUT2D eigenvalue weighted by Crippen LogP contribution is -2.45. The fourth-order valence-corrected chi connectivity index (χ4v) is 3.99. The van der Waals surface area contributed by atoms with Crippen LogP contribution in [0.25, 0.3) is 0 Å². The van der Waals surface area contributed by atoms with E-state index in [-0.39, 0.29) is 11.6 Å². The number of amides is 1. The number of Topliss-reactive ketones (excluding diaryl/α,β-unsaturated/α-hetero) is 1. The number of benzene rings is 2. The zero-order valence-corrected chi connectivity index (χ0v) is 17.4. The number of rotatable bonds is 3. The molecule has 0 unspecified atom stereocenters. The van der Waals surface area contributed by atoms with Gasteiger partial charge >= 0.3 is 6.09 Å². The molecule has 0 heterocycles. The summed E-state index contributed by atoms with van der Waals surface area (Å²) in [6.45, 7) is 7.24. The second-order valence-electron chi connectivity index (χ2n) is 8.89. The summed E-state index contributed by atoms with van der Waals surface area (Å²) in [5.41, 5.74) is 0.828. The molecule has 0 saturated carbocycles. The molecular formula is C24H28FNO3. The molecule has 5 heteroatoms. The number of ketones is 1. The molecule has 2 atom stereocenters. The number of carbonyl (C=O) groups is 2. The van der Waals surface area contributed by atoms with Crippen LogP contribution in [0.3, 0.4) is 0 Å². The number of ether oxygens (including phenoxy) is 1. The minimum atomic E-state index is -0.888. The fraction of sp³-hybridized carbons (Fsp3) is 0.417. The van der Waals surface area contributed by atoms with Gasteiger partial charge in [-0.05, 0) is 70.2 Å². The average Bonchev–Trinajstić information content (AvgIpc) is 2.77. The highest BCUT2D eigenvalue weighted by Gasteiger charge is 2.45. The predicted octanol–water partition coefficient (Wildman–Crippen LogP) is 5.62. The number of halogens is 1. The van der Waals surface area contributed by atoms with E-state index < -0.39 is 23.2 Å². The number of hydrogen-bond acceptors (Lipinski definition) is 3. The molecule has 0 fully saturated rings. The quantitative estimate of drug-likeness (QED) is 0.684. The molecule has 1 N–H and O–H groups in total. The first-order valence-corrected chi connectivity index (χ1v) is 9.98. The van der Waals surface area contributed by atoms with Gasteiger partial charge in [0.1, 0.15) is 11.4 Å². The fourth-order valence-electron chi connectivity index (χ4n) is 3.99. The summed E-state index contributed by atoms with van der Waals surface area (Å²) in [5.74, 6) is -0.386. The molecule has 1 amide bonds. The van der Waals surface area contributed by atoms with Gasteiger partial charge in [0.05, 0.1) is 11.5 Å². The van der Waals surface area contributed by atoms with E-state index in [0.717, 1.165) is 18.4 Å². The Bertz CT molecular complexity index is 901. The van der Waals surface area contributed by atoms with Crippen LogP contribution in [-0.2, 0) is 11.2 Å². The van der Waals surface area contributed by atoms with Gasteiger partial charge in [-0.1, -0.05) is 36.4 Å². The topological polar surface area (TPSA) is 55.4 Å². The lowest BCUT2D eigenvalue weighted by molar-refractivity contribution is 0.0429. The molecule has 0 spiro atoms. The average molecular weight is 397 g/mol. The summed E-state index contributed by atoms with van der Waals surface area (Å²) < 4.78 is 19.0. The third kappa shape index (κ3) is 4.66. The van der Waals surface area contributed by atoms with Crippen LogP contribution in [0.1, 0.15) is 68.1 Å². The predicted molar refractivity (Wildman–Crippen MR) is 110 cm³/mol. The molecule has 1 aliphatic rings. The van der Waals surface area contributed by atoms with E-state index in [1.165, 1.54) is 12.1 Å². The SMILES string of the molecule is CC(C)(C)OC(=O)N[C@@H](c1ccc(F)cc1)[C@@]1(C)CCCc2ccccc2C1=O. The molecule has 1 aliphatic carbocycles. The Hall–Kier alpha value is -2.69. The first-order chi connectivity index (χ1) is 13.6. The monoisotopic (exact) mass is 397 g/mol. The van der Waals surface area contributed by atoms with E-state index in [1.54, 1.807) is 32.9 Å². The van der Waals surface area contributed by atoms with Gasteiger partial charge < -0.3 is 10.1 Å². The number of alkyl carbamates (subject to hydrolysis) is 1. The number of fused-ring (bicyclic) bond motifs is 1. The van der Waals surface area contributed by atoms with Gasteiger partial charge in [-0.25, -0.2) is 9.18 Å². The summed E-state index contributed by atoms with van der Waals surface area (Å²) in [6.07, 6.45) is 1.61. The van der Waals surface area contributed by atoms with E-state index in [4.69, 9.17) is 4.74 Å². The smallest absolute Gasteiger partial charge is 0.408 e. The summed E-state index contributed by atoms with van der Waals surface area (Å²) in [5, 5.41) is 2.90. The summed E-state index contributed by atoms with van der Waals surface area (Å²) in [4.78, 5) is 26.3. The maximum absolute atomic E-state index is 13.6. The lowest BCUT2D eigenvalue weighted by Gasteiger charge is -2.37. The second kappa shape index (κ2) is 7.97. The maximum atomic E-state index is 13.6. The van der Waals surface area contributed by atoms with Gasteiger partial charge in [0, 0.05) is 5.56 Å². The Kier molecular flexibility index (Phi) is 5.78. The van der Waals surface area contributed by atoms with Crippen LogP contribution in [-0.4, -0.2) is 17.5 Å². The van der Waals surface area contributed by atoms with Crippen LogP contribution < -0.4 is 5.32 Å². The van der Waals surface area contributed by atoms with Crippen molar-refractivity contribution in [1.82, 2.24) is 5.32 Å². The third-order valence-corrected chi connectivity index (χ3v) is 5.42. The van der Waals surface area contributed by atoms with Crippen molar-refractivity contribution in [1.29, 1.82) is 0 Å². The molecule has 2 aromatic carbocycles. The van der Waals surface area contributed by atoms with Gasteiger partial charge in [0.25, 0.3) is 0 Å². The van der Waals surface area contributed by atoms with Gasteiger partial charge in [0.2, 0.25) is 0 Å². The highest BCUT2D eigenvalue weighted by atomic mass is 19.1. The summed E-state index contributed by atoms with van der Waals surface area (Å²) >= 11 is 0. The van der Waals surface area contributed by atoms with Crippen molar-refractivity contribution < 1.29 is 18.7 Å². The Morgan fingerprint density at radius 1 is 1.14 bits per heavy atom. The molecule has 2 aromatic rings. The Balaban J connectivity index is 2.03. The van der Waals surface area contributed by atoms with E-state index in [2.05, 4.69) is 5.32 Å². The van der Waals surface area contributed by atoms with Crippen LogP contribution in [0, 0.1) is 11.2 Å². The van der Waals surface area contributed by atoms with Crippen molar-refractivity contribution in [3.05, 3.63) is 71.0 Å². The zero-order valence-electron chi connectivity index (χ0n) is 17.4. The van der Waals surface area contributed by atoms with E-state index in [0.29, 0.717) is 17.5 Å². The molecule has 0 aromatic heterocycles. The maximum Gasteiger partial charge on any atom is 0.408 e. The van der Waals surface area contributed by atoms with Gasteiger partial charge in [-0.3, -0.25) is 4.79 Å². The highest BCUT2D eigenvalue weighted by Crippen LogP contribution is 2.44. The molecule has 4 nitrogen and oxygen atoms in total. The van der Waals surface area contributed by atoms with Crippen LogP contribution in [0.2, 0.25) is 0 Å². The molecule has 0 radical (unpaired) electrons. The van der Waals surface area contributed by atoms with E-state index in [9.17, 15) is 14.0 Å². The molecule has 154 valence electrons. The van der Waals surface area contributed by atoms with E-state index >= 15 is 0 Å². The molecule has 3 rings (SSSR count). The minimum Gasteiger partial charge on any atom is -0.444 e. The Morgan fingerprint density at radius 2 is 1.79 bits per heavy atom. The van der Waals surface area contributed by atoms with Crippen LogP contribution in [0.5, 0.6) is 0 Å². The molecule has 0 aliphatic heterocycles. The number of carbonyl (C=O) groups excluding carboxylic acids is 2.